The number of benzene rings is 1. The number of hydrogen-bond donors (Lipinski definition) is 0. The molecule has 0 amide bonds. The summed E-state index contributed by atoms with van der Waals surface area (Å²) in [4.78, 5) is 0. The van der Waals surface area contributed by atoms with Crippen molar-refractivity contribution in [1.29, 1.82) is 0 Å². The molecule has 1 aromatic rings. The summed E-state index contributed by atoms with van der Waals surface area (Å²) < 4.78 is 22.5. The van der Waals surface area contributed by atoms with Gasteiger partial charge in [-0.1, -0.05) is 48.0 Å². The van der Waals surface area contributed by atoms with Crippen molar-refractivity contribution in [3.05, 3.63) is 84.7 Å². The Balaban J connectivity index is -0.000000414. The molecule has 0 bridgehead atoms. The van der Waals surface area contributed by atoms with E-state index in [4.69, 9.17) is 25.6 Å². The molecular weight excluding hydrogens is 328 g/mol. The number of rotatable bonds is 1. The molecule has 0 saturated carbocycles. The molecule has 3 nitrogen and oxygen atoms in total. The van der Waals surface area contributed by atoms with E-state index < -0.39 is 0 Å². The van der Waals surface area contributed by atoms with Gasteiger partial charge in [-0.2, -0.15) is 0 Å². The van der Waals surface area contributed by atoms with Gasteiger partial charge >= 0.3 is 33.9 Å². The van der Waals surface area contributed by atoms with Gasteiger partial charge in [0.25, 0.3) is 0 Å². The van der Waals surface area contributed by atoms with Gasteiger partial charge in [-0.25, -0.2) is 0 Å². The summed E-state index contributed by atoms with van der Waals surface area (Å²) in [6, 6.07) is 7.93. The molecule has 0 atom stereocenters. The second kappa shape index (κ2) is 16.5. The average Bonchev–Trinajstić information content (AvgIpc) is 3.08. The van der Waals surface area contributed by atoms with Gasteiger partial charge < -0.3 is 0 Å². The minimum absolute atomic E-state index is 0. The smallest absolute Gasteiger partial charge is 0 e. The molecule has 21 heavy (non-hydrogen) atoms. The molecule has 106 valence electrons. The van der Waals surface area contributed by atoms with Crippen molar-refractivity contribution in [2.45, 2.75) is 6.92 Å². The molecule has 1 aliphatic rings. The zero-order chi connectivity index (χ0) is 16.0. The van der Waals surface area contributed by atoms with Gasteiger partial charge in [0.2, 0.25) is 0 Å². The van der Waals surface area contributed by atoms with Crippen LogP contribution in [0.4, 0.5) is 0 Å². The Hall–Kier alpha value is -1.52. The van der Waals surface area contributed by atoms with Crippen LogP contribution < -0.4 is 0 Å². The molecule has 0 heterocycles. The van der Waals surface area contributed by atoms with Gasteiger partial charge in [0.15, 0.2) is 0 Å². The summed E-state index contributed by atoms with van der Waals surface area (Å²) in [5.74, 6) is 0. The van der Waals surface area contributed by atoms with Crippen molar-refractivity contribution in [2.75, 3.05) is 0 Å². The van der Waals surface area contributed by atoms with Crippen LogP contribution in [0.15, 0.2) is 54.1 Å². The minimum Gasteiger partial charge on any atom is 0 e. The summed E-state index contributed by atoms with van der Waals surface area (Å²) in [5, 5.41) is 0.782. The Morgan fingerprint density at radius 1 is 0.857 bits per heavy atom. The van der Waals surface area contributed by atoms with E-state index in [1.807, 2.05) is 24.3 Å². The van der Waals surface area contributed by atoms with Crippen molar-refractivity contribution >= 4 is 17.2 Å². The van der Waals surface area contributed by atoms with Gasteiger partial charge in [0.1, 0.15) is 0 Å². The van der Waals surface area contributed by atoms with E-state index in [2.05, 4.69) is 51.2 Å². The van der Waals surface area contributed by atoms with Crippen molar-refractivity contribution in [3.63, 3.8) is 0 Å². The molecule has 5 heteroatoms. The maximum atomic E-state index is 7.50. The second-order valence-electron chi connectivity index (χ2n) is 3.31. The normalized spacial score (nSPS) is 9.43. The van der Waals surface area contributed by atoms with Crippen molar-refractivity contribution < 1.29 is 31.3 Å². The third-order valence-corrected chi connectivity index (χ3v) is 2.62. The van der Waals surface area contributed by atoms with Crippen LogP contribution in [0, 0.1) is 20.0 Å². The molecule has 0 radical (unpaired) electrons. The predicted molar refractivity (Wildman–Crippen MR) is 74.1 cm³/mol. The Morgan fingerprint density at radius 3 is 1.62 bits per heavy atom. The summed E-state index contributed by atoms with van der Waals surface area (Å²) in [6.07, 6.45) is 8.33. The van der Waals surface area contributed by atoms with Gasteiger partial charge in [0, 0.05) is 22.4 Å². The van der Waals surface area contributed by atoms with E-state index in [-0.39, 0.29) is 17.4 Å². The van der Waals surface area contributed by atoms with Crippen molar-refractivity contribution in [2.24, 2.45) is 0 Å². The predicted octanol–water partition coefficient (Wildman–Crippen LogP) is 4.12. The number of hydrogen-bond acceptors (Lipinski definition) is 0. The first-order valence-corrected chi connectivity index (χ1v) is 5.58. The Bertz CT molecular complexity index is 521. The topological polar surface area (TPSA) is 59.7 Å². The van der Waals surface area contributed by atoms with Crippen LogP contribution in [0.25, 0.3) is 5.57 Å². The van der Waals surface area contributed by atoms with Crippen LogP contribution in [0.2, 0.25) is 5.02 Å². The molecule has 2 rings (SSSR count). The Kier molecular flexibility index (Phi) is 19.3. The van der Waals surface area contributed by atoms with Gasteiger partial charge in [0.05, 0.1) is 0 Å². The number of allylic oxidation sites excluding steroid dienone is 6. The fourth-order valence-corrected chi connectivity index (χ4v) is 1.62. The summed E-state index contributed by atoms with van der Waals surface area (Å²) in [5.41, 5.74) is 3.78. The van der Waals surface area contributed by atoms with Crippen molar-refractivity contribution in [1.82, 2.24) is 0 Å². The first kappa shape index (κ1) is 24.5. The summed E-state index contributed by atoms with van der Waals surface area (Å²) >= 11 is 5.83. The molecular formula is C16H11ClCrO3. The first-order valence-electron chi connectivity index (χ1n) is 5.20. The molecule has 0 spiro atoms. The van der Waals surface area contributed by atoms with Crippen LogP contribution in [-0.4, -0.2) is 0 Å². The van der Waals surface area contributed by atoms with Crippen LogP contribution in [0.1, 0.15) is 12.5 Å². The van der Waals surface area contributed by atoms with Crippen LogP contribution in [0.3, 0.4) is 0 Å². The molecule has 0 aliphatic heterocycles. The molecule has 0 N–H and O–H groups in total. The zero-order valence-corrected chi connectivity index (χ0v) is 13.2. The molecule has 1 aromatic carbocycles. The first-order chi connectivity index (χ1) is 9.77. The standard InChI is InChI=1S/C13H11Cl.3CO.Cr/c1-10(11-4-2-3-5-11)12-6-8-13(14)9-7-12;3*1-2;/h2-9H,1H3;;;;. The third-order valence-electron chi connectivity index (χ3n) is 2.37. The van der Waals surface area contributed by atoms with E-state index in [1.54, 1.807) is 0 Å². The van der Waals surface area contributed by atoms with Crippen LogP contribution in [0.5, 0.6) is 0 Å². The van der Waals surface area contributed by atoms with Gasteiger partial charge in [-0.15, -0.1) is 0 Å². The Labute approximate surface area is 140 Å². The molecule has 0 unspecified atom stereocenters. The second-order valence-corrected chi connectivity index (χ2v) is 3.74. The van der Waals surface area contributed by atoms with E-state index in [0.29, 0.717) is 0 Å². The molecule has 0 aromatic heterocycles. The third kappa shape index (κ3) is 9.11. The van der Waals surface area contributed by atoms with Crippen LogP contribution in [-0.2, 0) is 31.3 Å². The summed E-state index contributed by atoms with van der Waals surface area (Å²) in [6.45, 7) is 15.6. The monoisotopic (exact) mass is 338 g/mol. The fourth-order valence-electron chi connectivity index (χ4n) is 1.49. The van der Waals surface area contributed by atoms with Crippen molar-refractivity contribution in [3.8, 4) is 0 Å². The SMILES string of the molecule is CC(=C1C=CC=C1)c1ccc(Cl)cc1.[C-]#[O+].[C-]#[O+].[C-]#[O+].[Cr]. The van der Waals surface area contributed by atoms with Crippen LogP contribution >= 0.6 is 11.6 Å². The average molecular weight is 339 g/mol. The van der Waals surface area contributed by atoms with E-state index in [0.717, 1.165) is 5.02 Å². The van der Waals surface area contributed by atoms with E-state index in [9.17, 15) is 0 Å². The number of halogens is 1. The minimum atomic E-state index is 0. The van der Waals surface area contributed by atoms with E-state index >= 15 is 0 Å². The largest absolute Gasteiger partial charge is 0 e. The van der Waals surface area contributed by atoms with Gasteiger partial charge in [-0.05, 0) is 35.8 Å². The molecule has 0 saturated heterocycles. The van der Waals surface area contributed by atoms with Gasteiger partial charge in [-0.3, -0.25) is 0 Å². The maximum Gasteiger partial charge on any atom is 0 e. The quantitative estimate of drug-likeness (QED) is 0.546. The zero-order valence-electron chi connectivity index (χ0n) is 11.1. The maximum absolute atomic E-state index is 7.50. The Morgan fingerprint density at radius 2 is 1.24 bits per heavy atom. The molecule has 0 fully saturated rings. The van der Waals surface area contributed by atoms with E-state index in [1.165, 1.54) is 16.7 Å². The summed E-state index contributed by atoms with van der Waals surface area (Å²) in [7, 11) is 0. The molecule has 1 aliphatic carbocycles. The fraction of sp³-hybridized carbons (Fsp3) is 0.0625.